The number of rotatable bonds is 5. The molecule has 0 spiro atoms. The molecule has 5 nitrogen and oxygen atoms in total. The number of aromatic amines is 1. The van der Waals surface area contributed by atoms with Crippen molar-refractivity contribution in [1.29, 1.82) is 0 Å². The van der Waals surface area contributed by atoms with E-state index in [1.165, 1.54) is 0 Å². The van der Waals surface area contributed by atoms with Crippen molar-refractivity contribution >= 4 is 56.5 Å². The summed E-state index contributed by atoms with van der Waals surface area (Å²) < 4.78 is 5.89. The first-order valence-electron chi connectivity index (χ1n) is 12.5. The summed E-state index contributed by atoms with van der Waals surface area (Å²) in [5, 5.41) is 3.65. The summed E-state index contributed by atoms with van der Waals surface area (Å²) >= 11 is 1.68. The van der Waals surface area contributed by atoms with Gasteiger partial charge in [-0.25, -0.2) is 9.78 Å². The number of thiophene rings is 1. The van der Waals surface area contributed by atoms with Crippen molar-refractivity contribution in [1.82, 2.24) is 9.97 Å². The smallest absolute Gasteiger partial charge is 0.339 e. The van der Waals surface area contributed by atoms with Gasteiger partial charge in [0, 0.05) is 32.4 Å². The van der Waals surface area contributed by atoms with Crippen LogP contribution in [-0.2, 0) is 11.2 Å². The number of esters is 1. The minimum absolute atomic E-state index is 0.214. The molecule has 0 amide bonds. The quantitative estimate of drug-likeness (QED) is 0.199. The topological polar surface area (TPSA) is 72.1 Å². The first-order valence-corrected chi connectivity index (χ1v) is 13.4. The zero-order chi connectivity index (χ0) is 25.5. The zero-order valence-electron chi connectivity index (χ0n) is 20.7. The Kier molecular flexibility index (Phi) is 5.97. The van der Waals surface area contributed by atoms with Gasteiger partial charge in [-0.2, -0.15) is 0 Å². The van der Waals surface area contributed by atoms with Crippen LogP contribution in [0.3, 0.4) is 0 Å². The van der Waals surface area contributed by atoms with Crippen LogP contribution in [0.2, 0.25) is 0 Å². The molecule has 0 saturated heterocycles. The molecule has 6 rings (SSSR count). The Labute approximate surface area is 218 Å². The van der Waals surface area contributed by atoms with Gasteiger partial charge in [0.15, 0.2) is 6.10 Å². The molecule has 184 valence electrons. The van der Waals surface area contributed by atoms with Gasteiger partial charge in [-0.3, -0.25) is 4.79 Å². The third-order valence-corrected chi connectivity index (χ3v) is 7.85. The number of allylic oxidation sites excluding steroid dienone is 1. The van der Waals surface area contributed by atoms with Gasteiger partial charge in [0.1, 0.15) is 0 Å². The molecule has 3 heterocycles. The summed E-state index contributed by atoms with van der Waals surface area (Å²) in [6, 6.07) is 19.5. The number of pyridine rings is 1. The van der Waals surface area contributed by atoms with E-state index in [4.69, 9.17) is 9.72 Å². The molecule has 0 saturated carbocycles. The molecule has 37 heavy (non-hydrogen) atoms. The number of aryl methyl sites for hydroxylation is 1. The average molecular weight is 507 g/mol. The SMILES string of the molecule is Cc1[nH]c2ccccc2c1C(=O)[C@@H](C)OC(=O)c1c2c(nc3ccccc13)/C(=C\c1cccs1)CCC2. The molecule has 6 heteroatoms. The molecule has 3 aromatic heterocycles. The number of ketones is 1. The predicted octanol–water partition coefficient (Wildman–Crippen LogP) is 7.39. The van der Waals surface area contributed by atoms with E-state index < -0.39 is 12.1 Å². The maximum Gasteiger partial charge on any atom is 0.339 e. The minimum Gasteiger partial charge on any atom is -0.451 e. The second kappa shape index (κ2) is 9.45. The lowest BCUT2D eigenvalue weighted by Crippen LogP contribution is -2.26. The van der Waals surface area contributed by atoms with E-state index in [1.54, 1.807) is 18.3 Å². The fraction of sp³-hybridized carbons (Fsp3) is 0.194. The highest BCUT2D eigenvalue weighted by molar-refractivity contribution is 7.10. The van der Waals surface area contributed by atoms with E-state index in [9.17, 15) is 9.59 Å². The first-order chi connectivity index (χ1) is 18.0. The van der Waals surface area contributed by atoms with Crippen LogP contribution >= 0.6 is 11.3 Å². The van der Waals surface area contributed by atoms with Crippen LogP contribution in [0, 0.1) is 6.92 Å². The number of fused-ring (bicyclic) bond motifs is 3. The lowest BCUT2D eigenvalue weighted by atomic mass is 9.86. The summed E-state index contributed by atoms with van der Waals surface area (Å²) in [6.07, 6.45) is 3.81. The normalized spacial score (nSPS) is 15.1. The molecule has 0 bridgehead atoms. The Morgan fingerprint density at radius 3 is 2.59 bits per heavy atom. The molecule has 1 N–H and O–H groups in total. The average Bonchev–Trinajstić information content (AvgIpc) is 3.53. The molecular weight excluding hydrogens is 480 g/mol. The van der Waals surface area contributed by atoms with Gasteiger partial charge in [-0.15, -0.1) is 11.3 Å². The summed E-state index contributed by atoms with van der Waals surface area (Å²) in [5.41, 5.74) is 6.38. The van der Waals surface area contributed by atoms with Crippen LogP contribution in [0.1, 0.15) is 62.3 Å². The van der Waals surface area contributed by atoms with Crippen LogP contribution < -0.4 is 0 Å². The molecule has 0 radical (unpaired) electrons. The Morgan fingerprint density at radius 1 is 1.00 bits per heavy atom. The molecule has 1 aliphatic carbocycles. The number of Topliss-reactive ketones (excluding diaryl/α,β-unsaturated/α-hetero) is 1. The standard InChI is InChI=1S/C31H26N2O3S/c1-18-27(22-11-3-5-14-25(22)32-18)30(34)19(2)36-31(35)28-23-12-4-6-15-26(23)33-29-20(9-7-13-24(28)29)17-21-10-8-16-37-21/h3-6,8,10-12,14-17,19,32H,7,9,13H2,1-2H3/b20-17-/t19-/m1/s1. The number of hydrogen-bond acceptors (Lipinski definition) is 5. The molecule has 2 aromatic carbocycles. The number of nitrogens with one attached hydrogen (secondary N) is 1. The molecule has 1 aliphatic rings. The second-order valence-electron chi connectivity index (χ2n) is 9.45. The number of H-pyrrole nitrogens is 1. The van der Waals surface area contributed by atoms with Crippen molar-refractivity contribution in [3.8, 4) is 0 Å². The third kappa shape index (κ3) is 4.17. The highest BCUT2D eigenvalue weighted by Gasteiger charge is 2.29. The van der Waals surface area contributed by atoms with Crippen molar-refractivity contribution in [2.75, 3.05) is 0 Å². The monoisotopic (exact) mass is 506 g/mol. The fourth-order valence-electron chi connectivity index (χ4n) is 5.32. The van der Waals surface area contributed by atoms with Gasteiger partial charge in [0.05, 0.1) is 16.8 Å². The van der Waals surface area contributed by atoms with Crippen LogP contribution in [0.5, 0.6) is 0 Å². The number of ether oxygens (including phenoxy) is 1. The van der Waals surface area contributed by atoms with E-state index in [-0.39, 0.29) is 5.78 Å². The number of para-hydroxylation sites is 2. The van der Waals surface area contributed by atoms with Gasteiger partial charge in [-0.05, 0) is 73.9 Å². The van der Waals surface area contributed by atoms with E-state index in [0.29, 0.717) is 11.1 Å². The van der Waals surface area contributed by atoms with E-state index in [0.717, 1.165) is 68.5 Å². The van der Waals surface area contributed by atoms with Gasteiger partial charge in [0.2, 0.25) is 5.78 Å². The highest BCUT2D eigenvalue weighted by atomic mass is 32.1. The number of nitrogens with zero attached hydrogens (tertiary/aromatic N) is 1. The van der Waals surface area contributed by atoms with Crippen LogP contribution in [-0.4, -0.2) is 27.8 Å². The van der Waals surface area contributed by atoms with Gasteiger partial charge in [-0.1, -0.05) is 42.5 Å². The maximum atomic E-state index is 13.8. The van der Waals surface area contributed by atoms with Crippen LogP contribution in [0.15, 0.2) is 66.0 Å². The molecule has 0 fully saturated rings. The number of aromatic nitrogens is 2. The van der Waals surface area contributed by atoms with Crippen LogP contribution in [0.25, 0.3) is 33.5 Å². The Bertz CT molecular complexity index is 1690. The minimum atomic E-state index is -0.933. The Hall–Kier alpha value is -4.03. The summed E-state index contributed by atoms with van der Waals surface area (Å²) in [6.45, 7) is 3.52. The van der Waals surface area contributed by atoms with Crippen molar-refractivity contribution in [2.24, 2.45) is 0 Å². The molecule has 0 unspecified atom stereocenters. The number of hydrogen-bond donors (Lipinski definition) is 1. The van der Waals surface area contributed by atoms with E-state index in [2.05, 4.69) is 22.5 Å². The van der Waals surface area contributed by atoms with Crippen molar-refractivity contribution < 1.29 is 14.3 Å². The van der Waals surface area contributed by atoms with Gasteiger partial charge in [0.25, 0.3) is 0 Å². The van der Waals surface area contributed by atoms with Crippen molar-refractivity contribution in [3.63, 3.8) is 0 Å². The Morgan fingerprint density at radius 2 is 1.78 bits per heavy atom. The first kappa shape index (κ1) is 23.4. The molecule has 5 aromatic rings. The van der Waals surface area contributed by atoms with Crippen LogP contribution in [0.4, 0.5) is 0 Å². The predicted molar refractivity (Wildman–Crippen MR) is 149 cm³/mol. The molecule has 0 aliphatic heterocycles. The Balaban J connectivity index is 1.40. The molecule has 1 atom stereocenters. The summed E-state index contributed by atoms with van der Waals surface area (Å²) in [7, 11) is 0. The number of benzene rings is 2. The summed E-state index contributed by atoms with van der Waals surface area (Å²) in [5.74, 6) is -0.695. The van der Waals surface area contributed by atoms with Gasteiger partial charge < -0.3 is 9.72 Å². The van der Waals surface area contributed by atoms with E-state index >= 15 is 0 Å². The van der Waals surface area contributed by atoms with Crippen molar-refractivity contribution in [3.05, 3.63) is 99.0 Å². The zero-order valence-corrected chi connectivity index (χ0v) is 21.5. The fourth-order valence-corrected chi connectivity index (χ4v) is 6.01. The number of carbonyl (C=O) groups excluding carboxylic acids is 2. The van der Waals surface area contributed by atoms with Gasteiger partial charge >= 0.3 is 5.97 Å². The lowest BCUT2D eigenvalue weighted by molar-refractivity contribution is 0.0320. The highest BCUT2D eigenvalue weighted by Crippen LogP contribution is 2.37. The van der Waals surface area contributed by atoms with Crippen molar-refractivity contribution in [2.45, 2.75) is 39.2 Å². The summed E-state index contributed by atoms with van der Waals surface area (Å²) in [4.78, 5) is 36.6. The largest absolute Gasteiger partial charge is 0.451 e. The molecular formula is C31H26N2O3S. The maximum absolute atomic E-state index is 13.8. The number of carbonyl (C=O) groups is 2. The van der Waals surface area contributed by atoms with E-state index in [1.807, 2.05) is 61.5 Å². The lowest BCUT2D eigenvalue weighted by Gasteiger charge is -2.23. The second-order valence-corrected chi connectivity index (χ2v) is 10.4. The third-order valence-electron chi connectivity index (χ3n) is 7.03.